The lowest BCUT2D eigenvalue weighted by Crippen LogP contribution is -2.50. The van der Waals surface area contributed by atoms with Gasteiger partial charge in [0.25, 0.3) is 0 Å². The summed E-state index contributed by atoms with van der Waals surface area (Å²) in [5.74, 6) is -1.25. The van der Waals surface area contributed by atoms with Gasteiger partial charge in [-0.1, -0.05) is 6.92 Å². The Labute approximate surface area is 77.5 Å². The first-order valence-electron chi connectivity index (χ1n) is 4.43. The van der Waals surface area contributed by atoms with Crippen molar-refractivity contribution in [3.8, 4) is 0 Å². The van der Waals surface area contributed by atoms with Crippen molar-refractivity contribution in [3.05, 3.63) is 0 Å². The van der Waals surface area contributed by atoms with Gasteiger partial charge in [-0.2, -0.15) is 0 Å². The van der Waals surface area contributed by atoms with Crippen molar-refractivity contribution in [2.75, 3.05) is 7.05 Å². The van der Waals surface area contributed by atoms with E-state index in [9.17, 15) is 9.59 Å². The summed E-state index contributed by atoms with van der Waals surface area (Å²) in [6, 6.07) is -0.200. The fraction of sp³-hybridized carbons (Fsp3) is 0.778. The molecule has 1 N–H and O–H groups in total. The zero-order chi connectivity index (χ0) is 10.2. The van der Waals surface area contributed by atoms with E-state index < -0.39 is 11.9 Å². The first-order valence-corrected chi connectivity index (χ1v) is 4.43. The third-order valence-electron chi connectivity index (χ3n) is 2.92. The predicted molar refractivity (Wildman–Crippen MR) is 47.1 cm³/mol. The molecule has 1 aliphatic heterocycles. The van der Waals surface area contributed by atoms with E-state index in [1.54, 1.807) is 14.0 Å². The van der Waals surface area contributed by atoms with Crippen LogP contribution in [-0.2, 0) is 9.59 Å². The summed E-state index contributed by atoms with van der Waals surface area (Å²) >= 11 is 0. The molecule has 0 saturated carbocycles. The van der Waals surface area contributed by atoms with Gasteiger partial charge in [0.05, 0.1) is 5.92 Å². The predicted octanol–water partition coefficient (Wildman–Crippen LogP) is 0.574. The largest absolute Gasteiger partial charge is 0.481 e. The molecule has 0 aliphatic carbocycles. The highest BCUT2D eigenvalue weighted by Crippen LogP contribution is 2.28. The average molecular weight is 185 g/mol. The molecule has 4 nitrogen and oxygen atoms in total. The first-order chi connectivity index (χ1) is 5.95. The van der Waals surface area contributed by atoms with Crippen molar-refractivity contribution in [1.82, 2.24) is 4.90 Å². The third kappa shape index (κ3) is 1.66. The normalized spacial score (nSPS) is 34.8. The van der Waals surface area contributed by atoms with Crippen molar-refractivity contribution in [2.45, 2.75) is 26.3 Å². The summed E-state index contributed by atoms with van der Waals surface area (Å²) in [5.41, 5.74) is 0. The lowest BCUT2D eigenvalue weighted by molar-refractivity contribution is -0.153. The zero-order valence-electron chi connectivity index (χ0n) is 8.15. The topological polar surface area (TPSA) is 57.6 Å². The maximum atomic E-state index is 11.3. The van der Waals surface area contributed by atoms with Crippen LogP contribution in [0.5, 0.6) is 0 Å². The lowest BCUT2D eigenvalue weighted by Gasteiger charge is -2.38. The summed E-state index contributed by atoms with van der Waals surface area (Å²) in [7, 11) is 1.66. The summed E-state index contributed by atoms with van der Waals surface area (Å²) in [4.78, 5) is 23.7. The standard InChI is InChI=1S/C9H15NO3/c1-5-4-7(11)10(3)6(2)8(5)9(12)13/h5-6,8H,4H2,1-3H3,(H,12,13). The van der Waals surface area contributed by atoms with E-state index in [1.165, 1.54) is 4.90 Å². The van der Waals surface area contributed by atoms with Gasteiger partial charge in [-0.25, -0.2) is 0 Å². The van der Waals surface area contributed by atoms with Gasteiger partial charge in [0.15, 0.2) is 0 Å². The second-order valence-corrected chi connectivity index (χ2v) is 3.79. The van der Waals surface area contributed by atoms with E-state index in [0.29, 0.717) is 6.42 Å². The maximum Gasteiger partial charge on any atom is 0.308 e. The number of hydrogen-bond donors (Lipinski definition) is 1. The number of likely N-dealkylation sites (tertiary alicyclic amines) is 1. The number of hydrogen-bond acceptors (Lipinski definition) is 2. The van der Waals surface area contributed by atoms with Gasteiger partial charge in [0, 0.05) is 19.5 Å². The van der Waals surface area contributed by atoms with Gasteiger partial charge in [-0.15, -0.1) is 0 Å². The van der Waals surface area contributed by atoms with Crippen LogP contribution < -0.4 is 0 Å². The van der Waals surface area contributed by atoms with E-state index in [4.69, 9.17) is 5.11 Å². The molecule has 74 valence electrons. The number of aliphatic carboxylic acids is 1. The molecule has 3 atom stereocenters. The Kier molecular flexibility index (Phi) is 2.59. The van der Waals surface area contributed by atoms with E-state index in [-0.39, 0.29) is 17.9 Å². The lowest BCUT2D eigenvalue weighted by atomic mass is 9.81. The molecule has 1 heterocycles. The van der Waals surface area contributed by atoms with Crippen molar-refractivity contribution in [3.63, 3.8) is 0 Å². The van der Waals surface area contributed by atoms with Crippen LogP contribution in [0.15, 0.2) is 0 Å². The summed E-state index contributed by atoms with van der Waals surface area (Å²) in [5, 5.41) is 8.95. The monoisotopic (exact) mass is 185 g/mol. The summed E-state index contributed by atoms with van der Waals surface area (Å²) < 4.78 is 0. The van der Waals surface area contributed by atoms with E-state index in [1.807, 2.05) is 6.92 Å². The molecular formula is C9H15NO3. The molecule has 0 aromatic heterocycles. The molecule has 0 aromatic rings. The molecule has 1 saturated heterocycles. The molecule has 0 spiro atoms. The first kappa shape index (κ1) is 10.0. The highest BCUT2D eigenvalue weighted by Gasteiger charge is 2.39. The fourth-order valence-corrected chi connectivity index (χ4v) is 1.94. The van der Waals surface area contributed by atoms with Crippen LogP contribution in [0.2, 0.25) is 0 Å². The fourth-order valence-electron chi connectivity index (χ4n) is 1.94. The van der Waals surface area contributed by atoms with Crippen molar-refractivity contribution in [1.29, 1.82) is 0 Å². The summed E-state index contributed by atoms with van der Waals surface area (Å²) in [6.45, 7) is 3.60. The van der Waals surface area contributed by atoms with Gasteiger partial charge < -0.3 is 10.0 Å². The van der Waals surface area contributed by atoms with E-state index in [2.05, 4.69) is 0 Å². The van der Waals surface area contributed by atoms with E-state index in [0.717, 1.165) is 0 Å². The van der Waals surface area contributed by atoms with Crippen LogP contribution in [0, 0.1) is 11.8 Å². The number of carboxylic acids is 1. The molecule has 4 heteroatoms. The van der Waals surface area contributed by atoms with Gasteiger partial charge in [-0.3, -0.25) is 9.59 Å². The van der Waals surface area contributed by atoms with Crippen LogP contribution in [-0.4, -0.2) is 35.0 Å². The highest BCUT2D eigenvalue weighted by molar-refractivity contribution is 5.81. The molecule has 1 aliphatic rings. The Morgan fingerprint density at radius 1 is 1.54 bits per heavy atom. The Morgan fingerprint density at radius 2 is 2.08 bits per heavy atom. The molecule has 13 heavy (non-hydrogen) atoms. The van der Waals surface area contributed by atoms with Crippen LogP contribution in [0.25, 0.3) is 0 Å². The second kappa shape index (κ2) is 3.36. The molecule has 0 bridgehead atoms. The number of carboxylic acid groups (broad SMARTS) is 1. The minimum Gasteiger partial charge on any atom is -0.481 e. The number of amides is 1. The van der Waals surface area contributed by atoms with Gasteiger partial charge in [0.1, 0.15) is 0 Å². The molecular weight excluding hydrogens is 170 g/mol. The molecule has 0 radical (unpaired) electrons. The van der Waals surface area contributed by atoms with Crippen molar-refractivity contribution < 1.29 is 14.7 Å². The molecule has 3 unspecified atom stereocenters. The quantitative estimate of drug-likeness (QED) is 0.650. The number of rotatable bonds is 1. The Balaban J connectivity index is 2.85. The van der Waals surface area contributed by atoms with Crippen LogP contribution in [0.1, 0.15) is 20.3 Å². The van der Waals surface area contributed by atoms with Gasteiger partial charge in [0.2, 0.25) is 5.91 Å². The highest BCUT2D eigenvalue weighted by atomic mass is 16.4. The Morgan fingerprint density at radius 3 is 2.54 bits per heavy atom. The average Bonchev–Trinajstić information content (AvgIpc) is 1.99. The zero-order valence-corrected chi connectivity index (χ0v) is 8.15. The molecule has 1 rings (SSSR count). The van der Waals surface area contributed by atoms with Gasteiger partial charge >= 0.3 is 5.97 Å². The smallest absolute Gasteiger partial charge is 0.308 e. The molecule has 1 fully saturated rings. The number of carbonyl (C=O) groups is 2. The van der Waals surface area contributed by atoms with Crippen LogP contribution >= 0.6 is 0 Å². The molecule has 1 amide bonds. The van der Waals surface area contributed by atoms with Crippen LogP contribution in [0.3, 0.4) is 0 Å². The van der Waals surface area contributed by atoms with Crippen molar-refractivity contribution >= 4 is 11.9 Å². The SMILES string of the molecule is CC1CC(=O)N(C)C(C)C1C(=O)O. The third-order valence-corrected chi connectivity index (χ3v) is 2.92. The van der Waals surface area contributed by atoms with E-state index >= 15 is 0 Å². The minimum absolute atomic E-state index is 0.0394. The van der Waals surface area contributed by atoms with Crippen LogP contribution in [0.4, 0.5) is 0 Å². The minimum atomic E-state index is -0.806. The Hall–Kier alpha value is -1.06. The number of piperidine rings is 1. The number of carbonyl (C=O) groups excluding carboxylic acids is 1. The number of nitrogens with zero attached hydrogens (tertiary/aromatic N) is 1. The summed E-state index contributed by atoms with van der Waals surface area (Å²) in [6.07, 6.45) is 0.345. The molecule has 0 aromatic carbocycles. The second-order valence-electron chi connectivity index (χ2n) is 3.79. The Bertz CT molecular complexity index is 239. The van der Waals surface area contributed by atoms with Gasteiger partial charge in [-0.05, 0) is 12.8 Å². The maximum absolute atomic E-state index is 11.3. The van der Waals surface area contributed by atoms with Crippen molar-refractivity contribution in [2.24, 2.45) is 11.8 Å².